The van der Waals surface area contributed by atoms with Gasteiger partial charge in [-0.25, -0.2) is 0 Å². The second-order valence-corrected chi connectivity index (χ2v) is 6.15. The van der Waals surface area contributed by atoms with Crippen molar-refractivity contribution in [2.45, 2.75) is 11.0 Å². The first-order valence-corrected chi connectivity index (χ1v) is 7.68. The molecule has 2 aromatic carbocycles. The zero-order valence-corrected chi connectivity index (χ0v) is 14.1. The fourth-order valence-electron chi connectivity index (χ4n) is 1.87. The average molecular weight is 424 g/mol. The highest BCUT2D eigenvalue weighted by molar-refractivity contribution is 9.10. The Morgan fingerprint density at radius 3 is 2.05 bits per heavy atom. The standard InChI is InChI=1S/C15H11Br2F3O/c1-21-13-7-4-10(8-12(13)16)14(17)9-2-5-11(6-3-9)15(18,19)20/h2-8,14H,1H3. The van der Waals surface area contributed by atoms with Gasteiger partial charge < -0.3 is 4.74 Å². The van der Waals surface area contributed by atoms with E-state index >= 15 is 0 Å². The fourth-order valence-corrected chi connectivity index (χ4v) is 3.02. The predicted octanol–water partition coefficient (Wildman–Crippen LogP) is 5.96. The Balaban J connectivity index is 2.27. The van der Waals surface area contributed by atoms with Crippen LogP contribution in [0.25, 0.3) is 0 Å². The number of methoxy groups -OCH3 is 1. The smallest absolute Gasteiger partial charge is 0.416 e. The Labute approximate surface area is 137 Å². The Morgan fingerprint density at radius 2 is 1.57 bits per heavy atom. The molecule has 1 unspecified atom stereocenters. The van der Waals surface area contributed by atoms with E-state index < -0.39 is 11.7 Å². The van der Waals surface area contributed by atoms with E-state index in [9.17, 15) is 13.2 Å². The third-order valence-corrected chi connectivity index (χ3v) is 4.68. The number of ether oxygens (including phenoxy) is 1. The van der Waals surface area contributed by atoms with Crippen LogP contribution in [0.5, 0.6) is 5.75 Å². The van der Waals surface area contributed by atoms with Crippen LogP contribution in [0.1, 0.15) is 21.5 Å². The quantitative estimate of drug-likeness (QED) is 0.553. The van der Waals surface area contributed by atoms with Crippen molar-refractivity contribution in [1.29, 1.82) is 0 Å². The molecule has 0 aliphatic rings. The molecular weight excluding hydrogens is 413 g/mol. The molecule has 0 aliphatic heterocycles. The summed E-state index contributed by atoms with van der Waals surface area (Å²) in [7, 11) is 1.57. The van der Waals surface area contributed by atoms with E-state index in [1.165, 1.54) is 12.1 Å². The van der Waals surface area contributed by atoms with Crippen LogP contribution in [0.15, 0.2) is 46.9 Å². The highest BCUT2D eigenvalue weighted by Gasteiger charge is 2.30. The Morgan fingerprint density at radius 1 is 1.00 bits per heavy atom. The molecule has 0 saturated heterocycles. The van der Waals surface area contributed by atoms with Gasteiger partial charge in [-0.2, -0.15) is 13.2 Å². The van der Waals surface area contributed by atoms with Crippen LogP contribution in [-0.4, -0.2) is 7.11 Å². The van der Waals surface area contributed by atoms with Crippen molar-refractivity contribution in [3.05, 3.63) is 63.6 Å². The first kappa shape index (κ1) is 16.4. The van der Waals surface area contributed by atoms with Crippen molar-refractivity contribution < 1.29 is 17.9 Å². The van der Waals surface area contributed by atoms with Gasteiger partial charge in [0.25, 0.3) is 0 Å². The van der Waals surface area contributed by atoms with Gasteiger partial charge in [-0.15, -0.1) is 0 Å². The van der Waals surface area contributed by atoms with Crippen LogP contribution in [0.4, 0.5) is 13.2 Å². The predicted molar refractivity (Wildman–Crippen MR) is 82.9 cm³/mol. The molecule has 0 heterocycles. The molecule has 1 atom stereocenters. The summed E-state index contributed by atoms with van der Waals surface area (Å²) in [6.07, 6.45) is -4.32. The summed E-state index contributed by atoms with van der Waals surface area (Å²) < 4.78 is 43.6. The van der Waals surface area contributed by atoms with Gasteiger partial charge in [0.15, 0.2) is 0 Å². The lowest BCUT2D eigenvalue weighted by molar-refractivity contribution is -0.137. The first-order valence-electron chi connectivity index (χ1n) is 5.97. The molecule has 0 radical (unpaired) electrons. The molecular formula is C15H11Br2F3O. The molecule has 0 N–H and O–H groups in total. The van der Waals surface area contributed by atoms with E-state index in [2.05, 4.69) is 31.9 Å². The van der Waals surface area contributed by atoms with Crippen molar-refractivity contribution in [2.24, 2.45) is 0 Å². The van der Waals surface area contributed by atoms with E-state index in [1.54, 1.807) is 13.2 Å². The molecule has 21 heavy (non-hydrogen) atoms. The maximum atomic E-state index is 12.5. The first-order chi connectivity index (χ1) is 9.82. The molecule has 0 fully saturated rings. The minimum Gasteiger partial charge on any atom is -0.496 e. The van der Waals surface area contributed by atoms with Crippen molar-refractivity contribution in [3.63, 3.8) is 0 Å². The number of hydrogen-bond acceptors (Lipinski definition) is 1. The molecule has 0 saturated carbocycles. The highest BCUT2D eigenvalue weighted by atomic mass is 79.9. The topological polar surface area (TPSA) is 9.23 Å². The SMILES string of the molecule is COc1ccc(C(Br)c2ccc(C(F)(F)F)cc2)cc1Br. The van der Waals surface area contributed by atoms with E-state index in [4.69, 9.17) is 4.74 Å². The lowest BCUT2D eigenvalue weighted by Crippen LogP contribution is -2.05. The Kier molecular flexibility index (Phi) is 4.99. The van der Waals surface area contributed by atoms with Crippen molar-refractivity contribution in [1.82, 2.24) is 0 Å². The number of halogens is 5. The summed E-state index contributed by atoms with van der Waals surface area (Å²) >= 11 is 6.90. The van der Waals surface area contributed by atoms with Crippen LogP contribution >= 0.6 is 31.9 Å². The van der Waals surface area contributed by atoms with Gasteiger partial charge >= 0.3 is 6.18 Å². The maximum Gasteiger partial charge on any atom is 0.416 e. The number of benzene rings is 2. The fraction of sp³-hybridized carbons (Fsp3) is 0.200. The number of alkyl halides is 4. The Hall–Kier alpha value is -1.01. The third-order valence-electron chi connectivity index (χ3n) is 3.00. The van der Waals surface area contributed by atoms with Gasteiger partial charge in [-0.1, -0.05) is 34.1 Å². The summed E-state index contributed by atoms with van der Waals surface area (Å²) in [5.41, 5.74) is 1.02. The molecule has 0 spiro atoms. The van der Waals surface area contributed by atoms with Gasteiger partial charge in [-0.3, -0.25) is 0 Å². The van der Waals surface area contributed by atoms with Crippen LogP contribution in [0.3, 0.4) is 0 Å². The van der Waals surface area contributed by atoms with Crippen molar-refractivity contribution in [2.75, 3.05) is 7.11 Å². The van der Waals surface area contributed by atoms with Gasteiger partial charge in [0.2, 0.25) is 0 Å². The lowest BCUT2D eigenvalue weighted by Gasteiger charge is -2.14. The van der Waals surface area contributed by atoms with E-state index in [0.29, 0.717) is 5.75 Å². The second kappa shape index (κ2) is 6.40. The molecule has 0 bridgehead atoms. The van der Waals surface area contributed by atoms with Crippen LogP contribution < -0.4 is 4.74 Å². The van der Waals surface area contributed by atoms with Gasteiger partial charge in [0, 0.05) is 0 Å². The average Bonchev–Trinajstić information content (AvgIpc) is 2.45. The summed E-state index contributed by atoms with van der Waals surface area (Å²) in [6.45, 7) is 0. The maximum absolute atomic E-state index is 12.5. The third kappa shape index (κ3) is 3.80. The molecule has 2 rings (SSSR count). The molecule has 0 aliphatic carbocycles. The number of rotatable bonds is 3. The monoisotopic (exact) mass is 422 g/mol. The summed E-state index contributed by atoms with van der Waals surface area (Å²) in [5.74, 6) is 0.700. The second-order valence-electron chi connectivity index (χ2n) is 4.38. The molecule has 0 aromatic heterocycles. The summed E-state index contributed by atoms with van der Waals surface area (Å²) in [5, 5.41) is 0. The van der Waals surface area contributed by atoms with E-state index in [1.807, 2.05) is 12.1 Å². The van der Waals surface area contributed by atoms with Gasteiger partial charge in [-0.05, 0) is 51.3 Å². The van der Waals surface area contributed by atoms with Crippen LogP contribution in [-0.2, 0) is 6.18 Å². The number of hydrogen-bond donors (Lipinski definition) is 0. The zero-order valence-electron chi connectivity index (χ0n) is 10.9. The largest absolute Gasteiger partial charge is 0.496 e. The minimum atomic E-state index is -4.32. The van der Waals surface area contributed by atoms with E-state index in [-0.39, 0.29) is 4.83 Å². The zero-order chi connectivity index (χ0) is 15.6. The van der Waals surface area contributed by atoms with Crippen LogP contribution in [0.2, 0.25) is 0 Å². The minimum absolute atomic E-state index is 0.193. The lowest BCUT2D eigenvalue weighted by atomic mass is 10.0. The molecule has 6 heteroatoms. The van der Waals surface area contributed by atoms with Crippen molar-refractivity contribution >= 4 is 31.9 Å². The summed E-state index contributed by atoms with van der Waals surface area (Å²) in [4.78, 5) is -0.193. The van der Waals surface area contributed by atoms with Crippen LogP contribution in [0, 0.1) is 0 Å². The van der Waals surface area contributed by atoms with Crippen molar-refractivity contribution in [3.8, 4) is 5.75 Å². The summed E-state index contributed by atoms with van der Waals surface area (Å²) in [6, 6.07) is 10.7. The highest BCUT2D eigenvalue weighted by Crippen LogP contribution is 2.36. The van der Waals surface area contributed by atoms with E-state index in [0.717, 1.165) is 27.7 Å². The molecule has 0 amide bonds. The molecule has 1 nitrogen and oxygen atoms in total. The normalized spacial score (nSPS) is 13.0. The molecule has 112 valence electrons. The van der Waals surface area contributed by atoms with Gasteiger partial charge in [0.1, 0.15) is 5.75 Å². The Bertz CT molecular complexity index is 624. The van der Waals surface area contributed by atoms with Gasteiger partial charge in [0.05, 0.1) is 22.0 Å². The molecule has 2 aromatic rings.